The molecule has 1 aliphatic carbocycles. The molecule has 0 bridgehead atoms. The molecule has 0 aliphatic heterocycles. The molecule has 0 aromatic heterocycles. The second-order valence-corrected chi connectivity index (χ2v) is 9.18. The van der Waals surface area contributed by atoms with Crippen molar-refractivity contribution in [1.29, 1.82) is 0 Å². The van der Waals surface area contributed by atoms with Gasteiger partial charge in [0.25, 0.3) is 0 Å². The fourth-order valence-corrected chi connectivity index (χ4v) is 5.06. The van der Waals surface area contributed by atoms with Crippen LogP contribution in [0.25, 0.3) is 21.9 Å². The van der Waals surface area contributed by atoms with Crippen molar-refractivity contribution >= 4 is 10.8 Å². The highest BCUT2D eigenvalue weighted by Gasteiger charge is 2.20. The first-order chi connectivity index (χ1) is 15.0. The minimum absolute atomic E-state index is 0.291. The summed E-state index contributed by atoms with van der Waals surface area (Å²) in [6, 6.07) is 12.9. The molecule has 4 rings (SSSR count). The predicted octanol–water partition coefficient (Wildman–Crippen LogP) is 8.85. The van der Waals surface area contributed by atoms with Gasteiger partial charge in [-0.3, -0.25) is 0 Å². The van der Waals surface area contributed by atoms with Gasteiger partial charge in [-0.25, -0.2) is 13.2 Å². The predicted molar refractivity (Wildman–Crippen MR) is 123 cm³/mol. The number of hydrogen-bond donors (Lipinski definition) is 0. The van der Waals surface area contributed by atoms with Crippen molar-refractivity contribution in [2.75, 3.05) is 0 Å². The number of benzene rings is 3. The van der Waals surface area contributed by atoms with Crippen LogP contribution in [0.1, 0.15) is 63.9 Å². The Morgan fingerprint density at radius 2 is 1.52 bits per heavy atom. The molecule has 0 unspecified atom stereocenters. The normalized spacial score (nSPS) is 19.1. The minimum atomic E-state index is -0.966. The fourth-order valence-electron chi connectivity index (χ4n) is 5.06. The summed E-state index contributed by atoms with van der Waals surface area (Å²) in [7, 11) is 0. The molecule has 0 atom stereocenters. The van der Waals surface area contributed by atoms with Gasteiger partial charge in [0.15, 0.2) is 11.6 Å². The quantitative estimate of drug-likeness (QED) is 0.355. The largest absolute Gasteiger partial charge is 0.206 e. The summed E-state index contributed by atoms with van der Waals surface area (Å²) >= 11 is 0. The Balaban J connectivity index is 1.42. The van der Waals surface area contributed by atoms with E-state index in [4.69, 9.17) is 0 Å². The molecule has 0 spiro atoms. The Morgan fingerprint density at radius 1 is 0.774 bits per heavy atom. The first-order valence-corrected chi connectivity index (χ1v) is 11.7. The van der Waals surface area contributed by atoms with Crippen LogP contribution in [0, 0.1) is 29.3 Å². The zero-order valence-corrected chi connectivity index (χ0v) is 18.3. The van der Waals surface area contributed by atoms with Crippen molar-refractivity contribution in [2.24, 2.45) is 11.8 Å². The van der Waals surface area contributed by atoms with Crippen molar-refractivity contribution in [3.63, 3.8) is 0 Å². The fraction of sp³-hybridized carbons (Fsp3) is 0.429. The van der Waals surface area contributed by atoms with Gasteiger partial charge in [-0.15, -0.1) is 0 Å². The number of rotatable bonds is 7. The summed E-state index contributed by atoms with van der Waals surface area (Å²) in [5.41, 5.74) is 1.87. The number of aryl methyl sites for hydroxylation is 1. The van der Waals surface area contributed by atoms with Crippen LogP contribution in [0.2, 0.25) is 0 Å². The van der Waals surface area contributed by atoms with E-state index in [2.05, 4.69) is 13.0 Å². The molecule has 1 fully saturated rings. The van der Waals surface area contributed by atoms with Gasteiger partial charge in [-0.2, -0.15) is 0 Å². The van der Waals surface area contributed by atoms with Crippen molar-refractivity contribution in [1.82, 2.24) is 0 Å². The van der Waals surface area contributed by atoms with Crippen LogP contribution < -0.4 is 0 Å². The van der Waals surface area contributed by atoms with E-state index in [1.54, 1.807) is 6.07 Å². The zero-order chi connectivity index (χ0) is 21.8. The van der Waals surface area contributed by atoms with E-state index in [1.807, 2.05) is 18.2 Å². The molecule has 0 heterocycles. The Labute approximate surface area is 183 Å². The molecule has 0 nitrogen and oxygen atoms in total. The average molecular weight is 425 g/mol. The van der Waals surface area contributed by atoms with Crippen LogP contribution in [0.4, 0.5) is 13.2 Å². The molecule has 164 valence electrons. The summed E-state index contributed by atoms with van der Waals surface area (Å²) in [6.07, 6.45) is 11.7. The average Bonchev–Trinajstić information content (AvgIpc) is 2.79. The minimum Gasteiger partial charge on any atom is -0.206 e. The van der Waals surface area contributed by atoms with Gasteiger partial charge >= 0.3 is 0 Å². The standard InChI is InChI=1S/C28H31F3/c1-2-3-4-19-5-7-20(8-6-19)9-10-21-11-14-24-22(17-21)12-15-25(28(24)31)23-13-16-26(29)27(30)18-23/h11-20H,2-10H2,1H3. The highest BCUT2D eigenvalue weighted by molar-refractivity contribution is 5.88. The maximum Gasteiger partial charge on any atom is 0.159 e. The van der Waals surface area contributed by atoms with E-state index >= 15 is 4.39 Å². The molecule has 3 aromatic rings. The molecule has 3 aromatic carbocycles. The lowest BCUT2D eigenvalue weighted by Crippen LogP contribution is -2.15. The molecular formula is C28H31F3. The number of halogens is 3. The monoisotopic (exact) mass is 424 g/mol. The Hall–Kier alpha value is -2.29. The van der Waals surface area contributed by atoms with Gasteiger partial charge in [0.2, 0.25) is 0 Å². The Bertz CT molecular complexity index is 1030. The van der Waals surface area contributed by atoms with Gasteiger partial charge in [-0.05, 0) is 53.3 Å². The summed E-state index contributed by atoms with van der Waals surface area (Å²) in [6.45, 7) is 2.27. The van der Waals surface area contributed by atoms with Crippen LogP contribution in [0.5, 0.6) is 0 Å². The zero-order valence-electron chi connectivity index (χ0n) is 18.3. The van der Waals surface area contributed by atoms with Crippen molar-refractivity contribution in [2.45, 2.75) is 64.7 Å². The van der Waals surface area contributed by atoms with Gasteiger partial charge in [-0.1, -0.05) is 88.3 Å². The Morgan fingerprint density at radius 3 is 2.23 bits per heavy atom. The van der Waals surface area contributed by atoms with Gasteiger partial charge in [0, 0.05) is 10.9 Å². The van der Waals surface area contributed by atoms with E-state index < -0.39 is 11.6 Å². The van der Waals surface area contributed by atoms with Crippen LogP contribution in [-0.4, -0.2) is 0 Å². The van der Waals surface area contributed by atoms with Gasteiger partial charge < -0.3 is 0 Å². The smallest absolute Gasteiger partial charge is 0.159 e. The van der Waals surface area contributed by atoms with E-state index in [0.29, 0.717) is 16.5 Å². The third-order valence-corrected chi connectivity index (χ3v) is 7.02. The van der Waals surface area contributed by atoms with Gasteiger partial charge in [0.05, 0.1) is 0 Å². The first-order valence-electron chi connectivity index (χ1n) is 11.7. The summed E-state index contributed by atoms with van der Waals surface area (Å²) in [5, 5.41) is 1.37. The van der Waals surface area contributed by atoms with E-state index in [9.17, 15) is 8.78 Å². The van der Waals surface area contributed by atoms with E-state index in [0.717, 1.165) is 35.8 Å². The number of fused-ring (bicyclic) bond motifs is 1. The molecule has 0 radical (unpaired) electrons. The summed E-state index contributed by atoms with van der Waals surface area (Å²) in [5.74, 6) is -0.541. The summed E-state index contributed by atoms with van der Waals surface area (Å²) in [4.78, 5) is 0. The Kier molecular flexibility index (Phi) is 6.99. The second kappa shape index (κ2) is 9.89. The molecule has 1 aliphatic rings. The van der Waals surface area contributed by atoms with E-state index in [1.165, 1.54) is 63.0 Å². The van der Waals surface area contributed by atoms with Crippen LogP contribution in [-0.2, 0) is 6.42 Å². The molecule has 31 heavy (non-hydrogen) atoms. The third kappa shape index (κ3) is 5.14. The van der Waals surface area contributed by atoms with Crippen LogP contribution in [0.3, 0.4) is 0 Å². The maximum atomic E-state index is 15.1. The number of hydrogen-bond acceptors (Lipinski definition) is 0. The molecule has 0 N–H and O–H groups in total. The van der Waals surface area contributed by atoms with Gasteiger partial charge in [0.1, 0.15) is 5.82 Å². The SMILES string of the molecule is CCCCC1CCC(CCc2ccc3c(F)c(-c4ccc(F)c(F)c4)ccc3c2)CC1. The summed E-state index contributed by atoms with van der Waals surface area (Å²) < 4.78 is 41.9. The van der Waals surface area contributed by atoms with Crippen LogP contribution in [0.15, 0.2) is 48.5 Å². The molecule has 1 saturated carbocycles. The first kappa shape index (κ1) is 21.9. The second-order valence-electron chi connectivity index (χ2n) is 9.18. The molecular weight excluding hydrogens is 393 g/mol. The molecule has 3 heteroatoms. The van der Waals surface area contributed by atoms with Crippen LogP contribution >= 0.6 is 0 Å². The third-order valence-electron chi connectivity index (χ3n) is 7.02. The number of unbranched alkanes of at least 4 members (excludes halogenated alkanes) is 1. The lowest BCUT2D eigenvalue weighted by atomic mass is 9.78. The maximum absolute atomic E-state index is 15.1. The molecule has 0 amide bonds. The van der Waals surface area contributed by atoms with Crippen molar-refractivity contribution < 1.29 is 13.2 Å². The van der Waals surface area contributed by atoms with E-state index in [-0.39, 0.29) is 5.82 Å². The highest BCUT2D eigenvalue weighted by atomic mass is 19.2. The lowest BCUT2D eigenvalue weighted by Gasteiger charge is -2.28. The topological polar surface area (TPSA) is 0 Å². The lowest BCUT2D eigenvalue weighted by molar-refractivity contribution is 0.250. The van der Waals surface area contributed by atoms with Crippen molar-refractivity contribution in [3.8, 4) is 11.1 Å². The highest BCUT2D eigenvalue weighted by Crippen LogP contribution is 2.35. The van der Waals surface area contributed by atoms with Crippen molar-refractivity contribution in [3.05, 3.63) is 71.5 Å². The molecule has 0 saturated heterocycles.